The fourth-order valence-corrected chi connectivity index (χ4v) is 2.79. The largest absolute Gasteiger partial charge is 0.490 e. The van der Waals surface area contributed by atoms with Crippen molar-refractivity contribution in [2.45, 2.75) is 26.7 Å². The number of hydrogen-bond donors (Lipinski definition) is 0. The Labute approximate surface area is 138 Å². The molecule has 1 atom stereocenters. The van der Waals surface area contributed by atoms with Crippen molar-refractivity contribution in [3.05, 3.63) is 24.3 Å². The van der Waals surface area contributed by atoms with Crippen LogP contribution in [0.4, 0.5) is 0 Å². The molecule has 0 saturated carbocycles. The Hall–Kier alpha value is -1.75. The van der Waals surface area contributed by atoms with Gasteiger partial charge in [0.1, 0.15) is 0 Å². The van der Waals surface area contributed by atoms with E-state index in [1.165, 1.54) is 0 Å². The summed E-state index contributed by atoms with van der Waals surface area (Å²) in [6.45, 7) is 7.55. The molecule has 1 amide bonds. The number of likely N-dealkylation sites (tertiary alicyclic amines) is 1. The molecule has 0 bridgehead atoms. The molecule has 1 fully saturated rings. The number of amides is 1. The van der Waals surface area contributed by atoms with E-state index in [1.54, 1.807) is 0 Å². The van der Waals surface area contributed by atoms with E-state index in [4.69, 9.17) is 14.2 Å². The van der Waals surface area contributed by atoms with Crippen molar-refractivity contribution >= 4 is 5.91 Å². The zero-order chi connectivity index (χ0) is 16.5. The number of piperidine rings is 1. The van der Waals surface area contributed by atoms with Gasteiger partial charge in [0.15, 0.2) is 18.1 Å². The summed E-state index contributed by atoms with van der Waals surface area (Å²) < 4.78 is 16.7. The van der Waals surface area contributed by atoms with Crippen molar-refractivity contribution in [1.82, 2.24) is 4.90 Å². The van der Waals surface area contributed by atoms with Gasteiger partial charge in [0, 0.05) is 19.7 Å². The number of hydrogen-bond acceptors (Lipinski definition) is 4. The second kappa shape index (κ2) is 9.40. The molecule has 23 heavy (non-hydrogen) atoms. The molecule has 1 heterocycles. The predicted octanol–water partition coefficient (Wildman–Crippen LogP) is 2.74. The number of ether oxygens (including phenoxy) is 3. The molecule has 1 aromatic carbocycles. The zero-order valence-corrected chi connectivity index (χ0v) is 14.1. The van der Waals surface area contributed by atoms with Crippen LogP contribution in [-0.4, -0.2) is 50.3 Å². The predicted molar refractivity (Wildman–Crippen MR) is 88.9 cm³/mol. The Kier molecular flexibility index (Phi) is 7.20. The molecular weight excluding hydrogens is 294 g/mol. The van der Waals surface area contributed by atoms with Crippen LogP contribution in [0.25, 0.3) is 0 Å². The maximum Gasteiger partial charge on any atom is 0.260 e. The first-order chi connectivity index (χ1) is 11.2. The Morgan fingerprint density at radius 2 is 1.91 bits per heavy atom. The van der Waals surface area contributed by atoms with Crippen LogP contribution in [0.1, 0.15) is 26.7 Å². The minimum atomic E-state index is 0.0255. The molecule has 0 spiro atoms. The first kappa shape index (κ1) is 17.6. The van der Waals surface area contributed by atoms with Crippen LogP contribution in [0.2, 0.25) is 0 Å². The normalized spacial score (nSPS) is 17.8. The van der Waals surface area contributed by atoms with E-state index in [2.05, 4.69) is 0 Å². The van der Waals surface area contributed by atoms with Crippen LogP contribution in [0.3, 0.4) is 0 Å². The summed E-state index contributed by atoms with van der Waals surface area (Å²) in [6, 6.07) is 7.44. The minimum absolute atomic E-state index is 0.0255. The molecule has 1 aromatic rings. The smallest absolute Gasteiger partial charge is 0.260 e. The number of carbonyl (C=O) groups is 1. The first-order valence-electron chi connectivity index (χ1n) is 8.44. The van der Waals surface area contributed by atoms with Gasteiger partial charge >= 0.3 is 0 Å². The molecule has 1 aliphatic rings. The van der Waals surface area contributed by atoms with Gasteiger partial charge in [-0.2, -0.15) is 0 Å². The maximum absolute atomic E-state index is 12.4. The quantitative estimate of drug-likeness (QED) is 0.739. The third-order valence-corrected chi connectivity index (χ3v) is 3.93. The molecule has 128 valence electrons. The van der Waals surface area contributed by atoms with Crippen LogP contribution >= 0.6 is 0 Å². The van der Waals surface area contributed by atoms with Gasteiger partial charge in [-0.25, -0.2) is 0 Å². The van der Waals surface area contributed by atoms with Crippen LogP contribution in [0.5, 0.6) is 11.5 Å². The summed E-state index contributed by atoms with van der Waals surface area (Å²) in [7, 11) is 0. The van der Waals surface area contributed by atoms with E-state index in [9.17, 15) is 4.79 Å². The second-order valence-electron chi connectivity index (χ2n) is 5.68. The van der Waals surface area contributed by atoms with Crippen LogP contribution < -0.4 is 9.47 Å². The van der Waals surface area contributed by atoms with Crippen molar-refractivity contribution in [3.8, 4) is 11.5 Å². The molecule has 0 radical (unpaired) electrons. The van der Waals surface area contributed by atoms with Crippen LogP contribution in [-0.2, 0) is 9.53 Å². The van der Waals surface area contributed by atoms with Crippen molar-refractivity contribution in [1.29, 1.82) is 0 Å². The molecular formula is C18H27NO4. The molecule has 5 heteroatoms. The van der Waals surface area contributed by atoms with Gasteiger partial charge in [0.25, 0.3) is 5.91 Å². The van der Waals surface area contributed by atoms with E-state index in [0.717, 1.165) is 39.1 Å². The molecule has 1 unspecified atom stereocenters. The van der Waals surface area contributed by atoms with E-state index in [0.29, 0.717) is 24.0 Å². The third kappa shape index (κ3) is 5.43. The van der Waals surface area contributed by atoms with Gasteiger partial charge in [-0.05, 0) is 44.7 Å². The first-order valence-corrected chi connectivity index (χ1v) is 8.44. The van der Waals surface area contributed by atoms with E-state index < -0.39 is 0 Å². The average molecular weight is 321 g/mol. The van der Waals surface area contributed by atoms with E-state index in [-0.39, 0.29) is 12.5 Å². The fraction of sp³-hybridized carbons (Fsp3) is 0.611. The Bertz CT molecular complexity index is 492. The van der Waals surface area contributed by atoms with E-state index >= 15 is 0 Å². The zero-order valence-electron chi connectivity index (χ0n) is 14.1. The molecule has 0 aromatic heterocycles. The number of benzene rings is 1. The number of para-hydroxylation sites is 2. The highest BCUT2D eigenvalue weighted by Gasteiger charge is 2.24. The van der Waals surface area contributed by atoms with Gasteiger partial charge in [-0.3, -0.25) is 4.79 Å². The molecule has 2 rings (SSSR count). The van der Waals surface area contributed by atoms with Gasteiger partial charge in [-0.15, -0.1) is 0 Å². The van der Waals surface area contributed by atoms with Crippen molar-refractivity contribution < 1.29 is 19.0 Å². The minimum Gasteiger partial charge on any atom is -0.490 e. The Morgan fingerprint density at radius 3 is 2.61 bits per heavy atom. The average Bonchev–Trinajstić information content (AvgIpc) is 2.59. The highest BCUT2D eigenvalue weighted by molar-refractivity contribution is 5.78. The highest BCUT2D eigenvalue weighted by Crippen LogP contribution is 2.26. The van der Waals surface area contributed by atoms with Crippen LogP contribution in [0.15, 0.2) is 24.3 Å². The summed E-state index contributed by atoms with van der Waals surface area (Å²) in [4.78, 5) is 14.3. The van der Waals surface area contributed by atoms with Crippen molar-refractivity contribution in [2.75, 3.05) is 39.5 Å². The number of carbonyl (C=O) groups excluding carboxylic acids is 1. The standard InChI is InChI=1S/C18H27NO4/c1-3-21-13-15-8-7-11-19(12-15)18(20)14-23-17-10-6-5-9-16(17)22-4-2/h5-6,9-10,15H,3-4,7-8,11-14H2,1-2H3. The Morgan fingerprint density at radius 1 is 1.17 bits per heavy atom. The number of nitrogens with zero attached hydrogens (tertiary/aromatic N) is 1. The second-order valence-corrected chi connectivity index (χ2v) is 5.68. The lowest BCUT2D eigenvalue weighted by molar-refractivity contribution is -0.135. The third-order valence-electron chi connectivity index (χ3n) is 3.93. The highest BCUT2D eigenvalue weighted by atomic mass is 16.5. The lowest BCUT2D eigenvalue weighted by Gasteiger charge is -2.32. The number of rotatable bonds is 8. The van der Waals surface area contributed by atoms with Crippen molar-refractivity contribution in [2.24, 2.45) is 5.92 Å². The topological polar surface area (TPSA) is 48.0 Å². The SMILES string of the molecule is CCOCC1CCCN(C(=O)COc2ccccc2OCC)C1. The summed E-state index contributed by atoms with van der Waals surface area (Å²) >= 11 is 0. The monoisotopic (exact) mass is 321 g/mol. The van der Waals surface area contributed by atoms with Gasteiger partial charge in [0.2, 0.25) is 0 Å². The Balaban J connectivity index is 1.84. The molecule has 0 N–H and O–H groups in total. The summed E-state index contributed by atoms with van der Waals surface area (Å²) in [6.07, 6.45) is 2.15. The molecule has 0 aliphatic carbocycles. The summed E-state index contributed by atoms with van der Waals surface area (Å²) in [5.74, 6) is 1.75. The summed E-state index contributed by atoms with van der Waals surface area (Å²) in [5, 5.41) is 0. The lowest BCUT2D eigenvalue weighted by atomic mass is 9.99. The summed E-state index contributed by atoms with van der Waals surface area (Å²) in [5.41, 5.74) is 0. The lowest BCUT2D eigenvalue weighted by Crippen LogP contribution is -2.43. The van der Waals surface area contributed by atoms with Gasteiger partial charge in [0.05, 0.1) is 13.2 Å². The van der Waals surface area contributed by atoms with Gasteiger partial charge < -0.3 is 19.1 Å². The molecule has 1 aliphatic heterocycles. The fourth-order valence-electron chi connectivity index (χ4n) is 2.79. The molecule has 5 nitrogen and oxygen atoms in total. The maximum atomic E-state index is 12.4. The van der Waals surface area contributed by atoms with E-state index in [1.807, 2.05) is 43.0 Å². The van der Waals surface area contributed by atoms with Crippen molar-refractivity contribution in [3.63, 3.8) is 0 Å². The van der Waals surface area contributed by atoms with Gasteiger partial charge in [-0.1, -0.05) is 12.1 Å². The molecule has 1 saturated heterocycles. The van der Waals surface area contributed by atoms with Crippen LogP contribution in [0, 0.1) is 5.92 Å².